The maximum atomic E-state index is 13.2. The van der Waals surface area contributed by atoms with Crippen LogP contribution < -0.4 is 5.32 Å². The van der Waals surface area contributed by atoms with Gasteiger partial charge in [-0.3, -0.25) is 4.79 Å². The fourth-order valence-corrected chi connectivity index (χ4v) is 9.61. The van der Waals surface area contributed by atoms with Crippen molar-refractivity contribution in [1.82, 2.24) is 5.32 Å². The second-order valence-corrected chi connectivity index (χ2v) is 21.1. The Morgan fingerprint density at radius 2 is 0.843 bits per heavy atom. The number of aliphatic hydroxyl groups is 7. The Morgan fingerprint density at radius 1 is 0.486 bits per heavy atom. The lowest BCUT2D eigenvalue weighted by Crippen LogP contribution is -2.60. The topological polar surface area (TPSA) is 189 Å². The molecule has 1 saturated heterocycles. The van der Waals surface area contributed by atoms with E-state index in [-0.39, 0.29) is 12.8 Å². The van der Waals surface area contributed by atoms with Gasteiger partial charge in [0.2, 0.25) is 5.91 Å². The molecule has 9 atom stereocenters. The third kappa shape index (κ3) is 36.5. The Labute approximate surface area is 429 Å². The molecule has 9 unspecified atom stereocenters. The smallest absolute Gasteiger partial charge is 0.249 e. The molecule has 414 valence electrons. The maximum absolute atomic E-state index is 13.2. The number of unbranched alkanes of at least 4 members (excludes halogenated alkanes) is 35. The first-order chi connectivity index (χ1) is 34.2. The number of aliphatic hydroxyl groups excluding tert-OH is 7. The van der Waals surface area contributed by atoms with Crippen LogP contribution in [-0.2, 0) is 14.3 Å². The molecule has 0 bridgehead atoms. The summed E-state index contributed by atoms with van der Waals surface area (Å²) in [6.45, 7) is 3.47. The van der Waals surface area contributed by atoms with E-state index in [1.54, 1.807) is 0 Å². The van der Waals surface area contributed by atoms with Crippen LogP contribution in [0.4, 0.5) is 0 Å². The van der Waals surface area contributed by atoms with Crippen LogP contribution in [0.2, 0.25) is 0 Å². The highest BCUT2D eigenvalue weighted by Gasteiger charge is 2.44. The average molecular weight is 997 g/mol. The summed E-state index contributed by atoms with van der Waals surface area (Å²) in [5.74, 6) is -0.708. The molecule has 11 nitrogen and oxygen atoms in total. The number of carbonyl (C=O) groups is 1. The van der Waals surface area contributed by atoms with Gasteiger partial charge in [-0.15, -0.1) is 0 Å². The SMILES string of the molecule is CCCCCCCCCCCC/C=C\CCCCCCCCC(O)C(=O)NC(COC1OC(CO)C(O)C(O)C1O)C(O)C(O)CCC/C=C/CCCCCCCCCCCCCCCCCCCC. The molecule has 11 heteroatoms. The van der Waals surface area contributed by atoms with Crippen molar-refractivity contribution in [3.8, 4) is 0 Å². The van der Waals surface area contributed by atoms with Gasteiger partial charge in [0.25, 0.3) is 0 Å². The molecular formula is C59H113NO10. The minimum Gasteiger partial charge on any atom is -0.394 e. The summed E-state index contributed by atoms with van der Waals surface area (Å²) >= 11 is 0. The second kappa shape index (κ2) is 48.5. The van der Waals surface area contributed by atoms with Crippen molar-refractivity contribution < 1.29 is 50.0 Å². The Hall–Kier alpha value is -1.41. The van der Waals surface area contributed by atoms with E-state index in [1.165, 1.54) is 180 Å². The fraction of sp³-hybridized carbons (Fsp3) is 0.915. The van der Waals surface area contributed by atoms with Crippen molar-refractivity contribution in [2.75, 3.05) is 13.2 Å². The second-order valence-electron chi connectivity index (χ2n) is 21.1. The van der Waals surface area contributed by atoms with Gasteiger partial charge in [0, 0.05) is 0 Å². The van der Waals surface area contributed by atoms with Crippen LogP contribution in [0.3, 0.4) is 0 Å². The molecule has 70 heavy (non-hydrogen) atoms. The van der Waals surface area contributed by atoms with Crippen LogP contribution in [0, 0.1) is 0 Å². The highest BCUT2D eigenvalue weighted by Crippen LogP contribution is 2.23. The van der Waals surface area contributed by atoms with E-state index in [4.69, 9.17) is 9.47 Å². The van der Waals surface area contributed by atoms with Gasteiger partial charge in [-0.25, -0.2) is 0 Å². The standard InChI is InChI=1S/C59H113NO10/c1-3-5-7-9-11-13-15-17-19-21-23-25-26-27-29-30-32-34-36-38-40-42-44-46-51(62)54(64)50(49-69-59-57(67)56(66)55(65)53(48-61)70-59)60-58(68)52(63)47-45-43-41-39-37-35-33-31-28-24-22-20-18-16-14-12-10-8-6-4-2/h28,31,38,40,50-57,59,61-67H,3-27,29-30,32-37,39,41-49H2,1-2H3,(H,60,68)/b31-28-,40-38+. The minimum absolute atomic E-state index is 0.248. The van der Waals surface area contributed by atoms with Crippen molar-refractivity contribution in [1.29, 1.82) is 0 Å². The summed E-state index contributed by atoms with van der Waals surface area (Å²) in [5.41, 5.74) is 0. The number of hydrogen-bond acceptors (Lipinski definition) is 10. The van der Waals surface area contributed by atoms with E-state index in [2.05, 4.69) is 43.5 Å². The number of hydrogen-bond donors (Lipinski definition) is 8. The predicted molar refractivity (Wildman–Crippen MR) is 289 cm³/mol. The third-order valence-corrected chi connectivity index (χ3v) is 14.5. The Kier molecular flexibility index (Phi) is 46.2. The Bertz CT molecular complexity index is 1190. The summed E-state index contributed by atoms with van der Waals surface area (Å²) in [5, 5.41) is 76.2. The largest absolute Gasteiger partial charge is 0.394 e. The average Bonchev–Trinajstić information content (AvgIpc) is 3.36. The molecule has 1 amide bonds. The van der Waals surface area contributed by atoms with Gasteiger partial charge in [0.1, 0.15) is 36.6 Å². The molecule has 0 aliphatic carbocycles. The van der Waals surface area contributed by atoms with Gasteiger partial charge in [0.15, 0.2) is 6.29 Å². The number of carbonyl (C=O) groups excluding carboxylic acids is 1. The van der Waals surface area contributed by atoms with Crippen LogP contribution in [0.5, 0.6) is 0 Å². The lowest BCUT2D eigenvalue weighted by Gasteiger charge is -2.40. The lowest BCUT2D eigenvalue weighted by atomic mass is 9.98. The Morgan fingerprint density at radius 3 is 1.23 bits per heavy atom. The van der Waals surface area contributed by atoms with E-state index >= 15 is 0 Å². The summed E-state index contributed by atoms with van der Waals surface area (Å²) in [6.07, 6.45) is 46.6. The first kappa shape index (κ1) is 66.6. The highest BCUT2D eigenvalue weighted by molar-refractivity contribution is 5.80. The Balaban J connectivity index is 2.33. The van der Waals surface area contributed by atoms with E-state index < -0.39 is 74.2 Å². The zero-order valence-electron chi connectivity index (χ0n) is 45.3. The molecule has 8 N–H and O–H groups in total. The molecule has 0 spiro atoms. The van der Waals surface area contributed by atoms with Crippen molar-refractivity contribution in [3.05, 3.63) is 24.3 Å². The van der Waals surface area contributed by atoms with Crippen LogP contribution in [-0.4, -0.2) is 110 Å². The van der Waals surface area contributed by atoms with Gasteiger partial charge < -0.3 is 50.5 Å². The minimum atomic E-state index is -1.67. The molecule has 1 aliphatic rings. The molecule has 0 aromatic carbocycles. The van der Waals surface area contributed by atoms with E-state index in [0.717, 1.165) is 57.8 Å². The normalized spacial score (nSPS) is 20.4. The van der Waals surface area contributed by atoms with Crippen molar-refractivity contribution in [3.63, 3.8) is 0 Å². The zero-order chi connectivity index (χ0) is 51.1. The summed E-state index contributed by atoms with van der Waals surface area (Å²) < 4.78 is 11.1. The molecular weight excluding hydrogens is 883 g/mol. The molecule has 0 aromatic rings. The molecule has 1 heterocycles. The van der Waals surface area contributed by atoms with Gasteiger partial charge >= 0.3 is 0 Å². The predicted octanol–water partition coefficient (Wildman–Crippen LogP) is 12.5. The zero-order valence-corrected chi connectivity index (χ0v) is 45.3. The monoisotopic (exact) mass is 996 g/mol. The van der Waals surface area contributed by atoms with Crippen molar-refractivity contribution in [2.45, 2.75) is 332 Å². The van der Waals surface area contributed by atoms with Gasteiger partial charge in [-0.05, 0) is 64.2 Å². The highest BCUT2D eigenvalue weighted by atomic mass is 16.7. The maximum Gasteiger partial charge on any atom is 0.249 e. The molecule has 0 saturated carbocycles. The van der Waals surface area contributed by atoms with Gasteiger partial charge in [-0.2, -0.15) is 0 Å². The van der Waals surface area contributed by atoms with Crippen LogP contribution in [0.1, 0.15) is 277 Å². The number of amides is 1. The van der Waals surface area contributed by atoms with Crippen LogP contribution >= 0.6 is 0 Å². The van der Waals surface area contributed by atoms with E-state index in [1.807, 2.05) is 0 Å². The molecule has 0 radical (unpaired) electrons. The lowest BCUT2D eigenvalue weighted by molar-refractivity contribution is -0.303. The quantitative estimate of drug-likeness (QED) is 0.0215. The van der Waals surface area contributed by atoms with Crippen molar-refractivity contribution in [2.24, 2.45) is 0 Å². The first-order valence-corrected chi connectivity index (χ1v) is 29.7. The van der Waals surface area contributed by atoms with Gasteiger partial charge in [0.05, 0.1) is 25.4 Å². The number of allylic oxidation sites excluding steroid dienone is 4. The van der Waals surface area contributed by atoms with Crippen LogP contribution in [0.25, 0.3) is 0 Å². The van der Waals surface area contributed by atoms with Crippen LogP contribution in [0.15, 0.2) is 24.3 Å². The number of rotatable bonds is 51. The summed E-state index contributed by atoms with van der Waals surface area (Å²) in [7, 11) is 0. The van der Waals surface area contributed by atoms with E-state index in [0.29, 0.717) is 12.8 Å². The summed E-state index contributed by atoms with van der Waals surface area (Å²) in [4.78, 5) is 13.2. The van der Waals surface area contributed by atoms with Gasteiger partial charge in [-0.1, -0.05) is 237 Å². The molecule has 1 fully saturated rings. The molecule has 1 aliphatic heterocycles. The number of ether oxygens (including phenoxy) is 2. The third-order valence-electron chi connectivity index (χ3n) is 14.5. The van der Waals surface area contributed by atoms with Crippen molar-refractivity contribution >= 4 is 5.91 Å². The fourth-order valence-electron chi connectivity index (χ4n) is 9.61. The molecule has 0 aromatic heterocycles. The summed E-state index contributed by atoms with van der Waals surface area (Å²) in [6, 6.07) is -1.19. The number of nitrogens with one attached hydrogen (secondary N) is 1. The molecule has 1 rings (SSSR count). The van der Waals surface area contributed by atoms with E-state index in [9.17, 15) is 40.5 Å². The first-order valence-electron chi connectivity index (χ1n) is 29.7.